The molecule has 4 heterocycles. The number of carbonyl (C=O) groups is 1. The number of anilines is 2. The third-order valence-electron chi connectivity index (χ3n) is 7.42. The number of hydrogen-bond acceptors (Lipinski definition) is 7. The molecule has 2 aliphatic heterocycles. The van der Waals surface area contributed by atoms with E-state index in [4.69, 9.17) is 10.5 Å². The first kappa shape index (κ1) is 25.1. The van der Waals surface area contributed by atoms with Crippen LogP contribution in [0.2, 0.25) is 0 Å². The number of halogens is 2. The molecule has 0 spiro atoms. The van der Waals surface area contributed by atoms with E-state index < -0.39 is 28.8 Å². The fourth-order valence-corrected chi connectivity index (χ4v) is 5.30. The Kier molecular flexibility index (Phi) is 6.35. The second kappa shape index (κ2) is 9.86. The molecule has 10 nitrogen and oxygen atoms in total. The molecule has 0 saturated carbocycles. The Bertz CT molecular complexity index is 1600. The minimum Gasteiger partial charge on any atom is -0.379 e. The van der Waals surface area contributed by atoms with Gasteiger partial charge in [-0.05, 0) is 42.7 Å². The summed E-state index contributed by atoms with van der Waals surface area (Å²) in [7, 11) is 0. The zero-order chi connectivity index (χ0) is 27.3. The van der Waals surface area contributed by atoms with Crippen LogP contribution in [0.5, 0.6) is 0 Å². The van der Waals surface area contributed by atoms with Gasteiger partial charge in [0.2, 0.25) is 0 Å². The molecule has 202 valence electrons. The first-order chi connectivity index (χ1) is 18.8. The van der Waals surface area contributed by atoms with E-state index in [1.165, 1.54) is 12.1 Å². The molecule has 2 aliphatic rings. The van der Waals surface area contributed by atoms with E-state index in [2.05, 4.69) is 27.3 Å². The van der Waals surface area contributed by atoms with Gasteiger partial charge in [0.05, 0.1) is 35.7 Å². The lowest BCUT2D eigenvalue weighted by Gasteiger charge is -2.23. The lowest BCUT2D eigenvalue weighted by molar-refractivity contribution is 0.102. The summed E-state index contributed by atoms with van der Waals surface area (Å²) < 4.78 is 36.8. The number of nitrogens with two attached hydrogens (primary N) is 1. The van der Waals surface area contributed by atoms with Gasteiger partial charge in [0.25, 0.3) is 11.5 Å². The molecule has 2 aromatic heterocycles. The Morgan fingerprint density at radius 3 is 2.59 bits per heavy atom. The van der Waals surface area contributed by atoms with E-state index >= 15 is 0 Å². The van der Waals surface area contributed by atoms with Crippen LogP contribution in [0, 0.1) is 17.6 Å². The summed E-state index contributed by atoms with van der Waals surface area (Å²) in [6, 6.07) is 9.25. The van der Waals surface area contributed by atoms with Crippen LogP contribution < -0.4 is 21.5 Å². The molecule has 1 amide bonds. The fraction of sp³-hybridized carbons (Fsp3) is 0.333. The number of ether oxygens (including phenoxy) is 1. The molecule has 2 fully saturated rings. The zero-order valence-electron chi connectivity index (χ0n) is 21.2. The van der Waals surface area contributed by atoms with Gasteiger partial charge in [-0.2, -0.15) is 14.9 Å². The Hall–Kier alpha value is -4.16. The molecule has 4 aromatic rings. The van der Waals surface area contributed by atoms with E-state index in [1.807, 2.05) is 10.7 Å². The SMILES string of the molecule is C[C@@H]1CN(c2c(NC(=O)c3ccc(=O)n(-c4c(F)cccc4F)n3)ccc3c2cnn3[C@H]2CCOC2)C[C@@H]1N. The van der Waals surface area contributed by atoms with Gasteiger partial charge < -0.3 is 20.7 Å². The molecule has 12 heteroatoms. The van der Waals surface area contributed by atoms with Crippen molar-refractivity contribution in [3.05, 3.63) is 76.3 Å². The summed E-state index contributed by atoms with van der Waals surface area (Å²) in [4.78, 5) is 27.9. The van der Waals surface area contributed by atoms with Crippen molar-refractivity contribution < 1.29 is 18.3 Å². The second-order valence-corrected chi connectivity index (χ2v) is 10.0. The van der Waals surface area contributed by atoms with Gasteiger partial charge in [0.1, 0.15) is 11.4 Å². The quantitative estimate of drug-likeness (QED) is 0.403. The first-order valence-corrected chi connectivity index (χ1v) is 12.8. The fourth-order valence-electron chi connectivity index (χ4n) is 5.30. The van der Waals surface area contributed by atoms with Gasteiger partial charge >= 0.3 is 0 Å². The zero-order valence-corrected chi connectivity index (χ0v) is 21.2. The van der Waals surface area contributed by atoms with Crippen LogP contribution in [-0.2, 0) is 4.74 Å². The van der Waals surface area contributed by atoms with Crippen LogP contribution in [0.25, 0.3) is 16.6 Å². The van der Waals surface area contributed by atoms with Crippen LogP contribution in [0.3, 0.4) is 0 Å². The molecular weight excluding hydrogens is 508 g/mol. The number of nitrogens with zero attached hydrogens (tertiary/aromatic N) is 5. The van der Waals surface area contributed by atoms with Crippen molar-refractivity contribution in [1.29, 1.82) is 0 Å². The van der Waals surface area contributed by atoms with Gasteiger partial charge in [-0.3, -0.25) is 14.3 Å². The van der Waals surface area contributed by atoms with E-state index in [9.17, 15) is 18.4 Å². The minimum absolute atomic E-state index is 0.0389. The van der Waals surface area contributed by atoms with E-state index in [0.29, 0.717) is 36.7 Å². The molecule has 6 rings (SSSR count). The maximum atomic E-state index is 14.4. The predicted octanol–water partition coefficient (Wildman–Crippen LogP) is 2.86. The number of amides is 1. The predicted molar refractivity (Wildman–Crippen MR) is 141 cm³/mol. The van der Waals surface area contributed by atoms with Gasteiger partial charge in [0.15, 0.2) is 11.6 Å². The Labute approximate surface area is 222 Å². The highest BCUT2D eigenvalue weighted by Gasteiger charge is 2.31. The molecule has 2 aromatic carbocycles. The molecule has 0 radical (unpaired) electrons. The van der Waals surface area contributed by atoms with Gasteiger partial charge in [-0.25, -0.2) is 8.78 Å². The molecule has 0 aliphatic carbocycles. The standard InChI is InChI=1S/C27H27F2N7O3/c1-15-12-34(13-20(15)30)25-17-11-31-35(16-9-10-39-14-16)23(17)7-5-21(25)32-27(38)22-6-8-24(37)36(33-22)26-18(28)3-2-4-19(26)29/h2-8,11,15-16,20H,9-10,12-14,30H2,1H3,(H,32,38)/t15-,16+,20+/m1/s1. The van der Waals surface area contributed by atoms with E-state index in [-0.39, 0.29) is 23.7 Å². The average molecular weight is 536 g/mol. The molecular formula is C27H27F2N7O3. The molecule has 3 N–H and O–H groups in total. The highest BCUT2D eigenvalue weighted by Crippen LogP contribution is 2.39. The summed E-state index contributed by atoms with van der Waals surface area (Å²) in [6.07, 6.45) is 2.65. The van der Waals surface area contributed by atoms with Crippen LogP contribution >= 0.6 is 0 Å². The lowest BCUT2D eigenvalue weighted by Crippen LogP contribution is -2.29. The summed E-state index contributed by atoms with van der Waals surface area (Å²) in [5, 5.41) is 12.4. The summed E-state index contributed by atoms with van der Waals surface area (Å²) >= 11 is 0. The van der Waals surface area contributed by atoms with Crippen molar-refractivity contribution in [2.75, 3.05) is 36.5 Å². The normalized spacial score (nSPS) is 21.1. The monoisotopic (exact) mass is 535 g/mol. The Morgan fingerprint density at radius 2 is 1.90 bits per heavy atom. The highest BCUT2D eigenvalue weighted by atomic mass is 19.1. The Balaban J connectivity index is 1.40. The number of fused-ring (bicyclic) bond motifs is 1. The summed E-state index contributed by atoms with van der Waals surface area (Å²) in [5.41, 5.74) is 6.92. The molecule has 39 heavy (non-hydrogen) atoms. The summed E-state index contributed by atoms with van der Waals surface area (Å²) in [6.45, 7) is 4.63. The molecule has 2 saturated heterocycles. The van der Waals surface area contributed by atoms with Crippen molar-refractivity contribution in [3.63, 3.8) is 0 Å². The van der Waals surface area contributed by atoms with Crippen LogP contribution in [0.4, 0.5) is 20.2 Å². The maximum absolute atomic E-state index is 14.4. The molecule has 0 bridgehead atoms. The maximum Gasteiger partial charge on any atom is 0.276 e. The van der Waals surface area contributed by atoms with E-state index in [0.717, 1.165) is 41.2 Å². The minimum atomic E-state index is -0.973. The smallest absolute Gasteiger partial charge is 0.276 e. The van der Waals surface area contributed by atoms with E-state index in [1.54, 1.807) is 12.3 Å². The molecule has 3 atom stereocenters. The third-order valence-corrected chi connectivity index (χ3v) is 7.42. The number of benzene rings is 2. The molecule has 0 unspecified atom stereocenters. The average Bonchev–Trinajstić information content (AvgIpc) is 3.65. The number of hydrogen-bond donors (Lipinski definition) is 2. The topological polar surface area (TPSA) is 120 Å². The Morgan fingerprint density at radius 1 is 1.10 bits per heavy atom. The summed E-state index contributed by atoms with van der Waals surface area (Å²) in [5.74, 6) is -2.35. The highest BCUT2D eigenvalue weighted by molar-refractivity contribution is 6.09. The van der Waals surface area contributed by atoms with Crippen LogP contribution in [-0.4, -0.2) is 57.8 Å². The van der Waals surface area contributed by atoms with Gasteiger partial charge in [-0.1, -0.05) is 13.0 Å². The van der Waals surface area contributed by atoms with Crippen molar-refractivity contribution in [2.45, 2.75) is 25.4 Å². The number of para-hydroxylation sites is 1. The van der Waals surface area contributed by atoms with Crippen LogP contribution in [0.1, 0.15) is 29.9 Å². The lowest BCUT2D eigenvalue weighted by atomic mass is 10.1. The third kappa shape index (κ3) is 4.45. The largest absolute Gasteiger partial charge is 0.379 e. The van der Waals surface area contributed by atoms with Gasteiger partial charge in [0, 0.05) is 37.2 Å². The van der Waals surface area contributed by atoms with Crippen molar-refractivity contribution in [1.82, 2.24) is 19.6 Å². The van der Waals surface area contributed by atoms with Crippen LogP contribution in [0.15, 0.2) is 53.5 Å². The first-order valence-electron chi connectivity index (χ1n) is 12.8. The van der Waals surface area contributed by atoms with Gasteiger partial charge in [-0.15, -0.1) is 0 Å². The number of nitrogens with one attached hydrogen (secondary N) is 1. The second-order valence-electron chi connectivity index (χ2n) is 10.0. The number of aromatic nitrogens is 4. The van der Waals surface area contributed by atoms with Crippen molar-refractivity contribution in [2.24, 2.45) is 11.7 Å². The van der Waals surface area contributed by atoms with Crippen molar-refractivity contribution >= 4 is 28.2 Å². The number of rotatable bonds is 5. The van der Waals surface area contributed by atoms with Crippen molar-refractivity contribution in [3.8, 4) is 5.69 Å². The number of carbonyl (C=O) groups excluding carboxylic acids is 1.